The van der Waals surface area contributed by atoms with Crippen molar-refractivity contribution in [1.29, 1.82) is 0 Å². The first-order valence-electron chi connectivity index (χ1n) is 5.22. The monoisotopic (exact) mass is 274 g/mol. The number of ether oxygens (including phenoxy) is 1. The fraction of sp³-hybridized carbons (Fsp3) is 0.455. The Labute approximate surface area is 109 Å². The van der Waals surface area contributed by atoms with Crippen molar-refractivity contribution in [3.63, 3.8) is 0 Å². The highest BCUT2D eigenvalue weighted by atomic mass is 35.5. The number of rotatable bonds is 3. The number of alkyl halides is 1. The van der Waals surface area contributed by atoms with Gasteiger partial charge in [0.25, 0.3) is 0 Å². The summed E-state index contributed by atoms with van der Waals surface area (Å²) in [6.07, 6.45) is 0.464. The van der Waals surface area contributed by atoms with Gasteiger partial charge in [-0.1, -0.05) is 11.6 Å². The average Bonchev–Trinajstić information content (AvgIpc) is 2.70. The molecule has 92 valence electrons. The molecule has 1 aromatic rings. The van der Waals surface area contributed by atoms with Crippen molar-refractivity contribution in [2.45, 2.75) is 6.42 Å². The van der Waals surface area contributed by atoms with Crippen LogP contribution in [0, 0.1) is 5.92 Å². The van der Waals surface area contributed by atoms with Gasteiger partial charge in [0.15, 0.2) is 5.15 Å². The molecule has 4 nitrogen and oxygen atoms in total. The van der Waals surface area contributed by atoms with Crippen molar-refractivity contribution in [2.24, 2.45) is 5.92 Å². The van der Waals surface area contributed by atoms with Crippen LogP contribution in [0.2, 0.25) is 5.15 Å². The largest absolute Gasteiger partial charge is 0.481 e. The lowest BCUT2D eigenvalue weighted by atomic mass is 10.1. The van der Waals surface area contributed by atoms with Crippen molar-refractivity contribution >= 4 is 34.8 Å². The Bertz CT molecular complexity index is 439. The maximum absolute atomic E-state index is 11.8. The van der Waals surface area contributed by atoms with Gasteiger partial charge in [0.2, 0.25) is 11.8 Å². The van der Waals surface area contributed by atoms with Gasteiger partial charge in [-0.15, -0.1) is 11.6 Å². The van der Waals surface area contributed by atoms with E-state index in [2.05, 4.69) is 4.98 Å². The molecule has 6 heteroatoms. The van der Waals surface area contributed by atoms with Crippen molar-refractivity contribution < 1.29 is 9.53 Å². The molecule has 0 saturated carbocycles. The molecule has 2 heterocycles. The van der Waals surface area contributed by atoms with Crippen LogP contribution in [0.5, 0.6) is 5.88 Å². The average molecular weight is 275 g/mol. The molecule has 1 fully saturated rings. The zero-order chi connectivity index (χ0) is 12.4. The third-order valence-electron chi connectivity index (χ3n) is 2.73. The molecule has 0 aromatic carbocycles. The first kappa shape index (κ1) is 12.5. The second-order valence-corrected chi connectivity index (χ2v) is 4.56. The van der Waals surface area contributed by atoms with Gasteiger partial charge in [0.05, 0.1) is 12.8 Å². The second kappa shape index (κ2) is 5.10. The molecule has 2 rings (SSSR count). The summed E-state index contributed by atoms with van der Waals surface area (Å²) < 4.78 is 4.96. The molecule has 0 spiro atoms. The van der Waals surface area contributed by atoms with Gasteiger partial charge >= 0.3 is 0 Å². The van der Waals surface area contributed by atoms with Gasteiger partial charge < -0.3 is 9.64 Å². The zero-order valence-corrected chi connectivity index (χ0v) is 10.8. The number of pyridine rings is 1. The molecular formula is C11H12Cl2N2O2. The molecule has 17 heavy (non-hydrogen) atoms. The van der Waals surface area contributed by atoms with Gasteiger partial charge in [0, 0.05) is 24.9 Å². The fourth-order valence-electron chi connectivity index (χ4n) is 1.84. The third kappa shape index (κ3) is 2.48. The van der Waals surface area contributed by atoms with Gasteiger partial charge in [-0.25, -0.2) is 0 Å². The minimum atomic E-state index is 0.0320. The topological polar surface area (TPSA) is 42.4 Å². The molecule has 0 radical (unpaired) electrons. The molecule has 0 bridgehead atoms. The smallest absolute Gasteiger partial charge is 0.227 e. The molecule has 1 aromatic heterocycles. The van der Waals surface area contributed by atoms with Crippen LogP contribution in [0.3, 0.4) is 0 Å². The van der Waals surface area contributed by atoms with E-state index in [0.29, 0.717) is 30.4 Å². The number of nitrogens with zero attached hydrogens (tertiary/aromatic N) is 2. The first-order chi connectivity index (χ1) is 8.15. The van der Waals surface area contributed by atoms with Gasteiger partial charge in [-0.2, -0.15) is 4.98 Å². The van der Waals surface area contributed by atoms with E-state index < -0.39 is 0 Å². The summed E-state index contributed by atoms with van der Waals surface area (Å²) in [6.45, 7) is 0.593. The number of amides is 1. The van der Waals surface area contributed by atoms with E-state index in [1.165, 1.54) is 7.11 Å². The van der Waals surface area contributed by atoms with Crippen molar-refractivity contribution in [3.05, 3.63) is 17.3 Å². The summed E-state index contributed by atoms with van der Waals surface area (Å²) in [5.41, 5.74) is 0.616. The van der Waals surface area contributed by atoms with Crippen molar-refractivity contribution in [1.82, 2.24) is 4.98 Å². The lowest BCUT2D eigenvalue weighted by molar-refractivity contribution is -0.117. The summed E-state index contributed by atoms with van der Waals surface area (Å²) in [5.74, 6) is 1.12. The first-order valence-corrected chi connectivity index (χ1v) is 6.13. The molecule has 1 aliphatic heterocycles. The lowest BCUT2D eigenvalue weighted by Crippen LogP contribution is -2.25. The van der Waals surface area contributed by atoms with Crippen LogP contribution in [0.25, 0.3) is 0 Å². The maximum Gasteiger partial charge on any atom is 0.227 e. The fourth-order valence-corrected chi connectivity index (χ4v) is 2.30. The van der Waals surface area contributed by atoms with Crippen molar-refractivity contribution in [3.8, 4) is 5.88 Å². The predicted octanol–water partition coefficient (Wildman–Crippen LogP) is 2.34. The number of carbonyl (C=O) groups is 1. The predicted molar refractivity (Wildman–Crippen MR) is 67.0 cm³/mol. The molecule has 1 saturated heterocycles. The van der Waals surface area contributed by atoms with E-state index >= 15 is 0 Å². The van der Waals surface area contributed by atoms with Crippen LogP contribution < -0.4 is 9.64 Å². The number of hydrogen-bond acceptors (Lipinski definition) is 3. The molecule has 1 aliphatic rings. The number of halogens is 2. The van der Waals surface area contributed by atoms with Crippen LogP contribution >= 0.6 is 23.2 Å². The number of methoxy groups -OCH3 is 1. The number of anilines is 1. The molecular weight excluding hydrogens is 263 g/mol. The van der Waals surface area contributed by atoms with Crippen LogP contribution in [-0.4, -0.2) is 30.4 Å². The van der Waals surface area contributed by atoms with Crippen LogP contribution in [0.4, 0.5) is 5.69 Å². The van der Waals surface area contributed by atoms with E-state index in [1.54, 1.807) is 17.0 Å². The number of carbonyl (C=O) groups excluding carboxylic acids is 1. The minimum absolute atomic E-state index is 0.0320. The van der Waals surface area contributed by atoms with Crippen LogP contribution in [0.1, 0.15) is 6.42 Å². The Morgan fingerprint density at radius 3 is 2.88 bits per heavy atom. The van der Waals surface area contributed by atoms with Gasteiger partial charge in [-0.05, 0) is 12.0 Å². The van der Waals surface area contributed by atoms with Crippen LogP contribution in [0.15, 0.2) is 12.1 Å². The maximum atomic E-state index is 11.8. The summed E-state index contributed by atoms with van der Waals surface area (Å²) in [5, 5.41) is 0.271. The Kier molecular flexibility index (Phi) is 3.74. The highest BCUT2D eigenvalue weighted by Crippen LogP contribution is 2.31. The lowest BCUT2D eigenvalue weighted by Gasteiger charge is -2.17. The van der Waals surface area contributed by atoms with Gasteiger partial charge in [-0.3, -0.25) is 4.79 Å². The van der Waals surface area contributed by atoms with E-state index in [-0.39, 0.29) is 17.0 Å². The standard InChI is InChI=1S/C11H12Cl2N2O2/c1-17-9-3-2-8(11(13)14-9)15-6-7(5-12)4-10(15)16/h2-3,7H,4-6H2,1H3. The Hall–Kier alpha value is -1.00. The molecule has 1 amide bonds. The van der Waals surface area contributed by atoms with E-state index in [1.807, 2.05) is 0 Å². The van der Waals surface area contributed by atoms with E-state index in [9.17, 15) is 4.79 Å². The molecule has 0 aliphatic carbocycles. The normalized spacial score (nSPS) is 19.8. The van der Waals surface area contributed by atoms with Crippen LogP contribution in [-0.2, 0) is 4.79 Å². The second-order valence-electron chi connectivity index (χ2n) is 3.89. The molecule has 1 atom stereocenters. The van der Waals surface area contributed by atoms with Crippen molar-refractivity contribution in [2.75, 3.05) is 24.4 Å². The minimum Gasteiger partial charge on any atom is -0.481 e. The summed E-state index contributed by atoms with van der Waals surface area (Å²) in [7, 11) is 1.52. The highest BCUT2D eigenvalue weighted by Gasteiger charge is 2.31. The Morgan fingerprint density at radius 1 is 1.59 bits per heavy atom. The molecule has 1 unspecified atom stereocenters. The highest BCUT2D eigenvalue weighted by molar-refractivity contribution is 6.32. The summed E-state index contributed by atoms with van der Waals surface area (Å²) in [6, 6.07) is 3.42. The summed E-state index contributed by atoms with van der Waals surface area (Å²) >= 11 is 11.8. The summed E-state index contributed by atoms with van der Waals surface area (Å²) in [4.78, 5) is 17.5. The Balaban J connectivity index is 2.26. The van der Waals surface area contributed by atoms with Gasteiger partial charge in [0.1, 0.15) is 0 Å². The quantitative estimate of drug-likeness (QED) is 0.628. The Morgan fingerprint density at radius 2 is 2.35 bits per heavy atom. The number of hydrogen-bond donors (Lipinski definition) is 0. The molecule has 0 N–H and O–H groups in total. The van der Waals surface area contributed by atoms with E-state index in [4.69, 9.17) is 27.9 Å². The SMILES string of the molecule is COc1ccc(N2CC(CCl)CC2=O)c(Cl)n1. The third-order valence-corrected chi connectivity index (χ3v) is 3.44. The number of aromatic nitrogens is 1. The zero-order valence-electron chi connectivity index (χ0n) is 9.32. The van der Waals surface area contributed by atoms with E-state index in [0.717, 1.165) is 0 Å².